The molecule has 6 heteroatoms. The lowest BCUT2D eigenvalue weighted by Crippen LogP contribution is -2.66. The van der Waals surface area contributed by atoms with Gasteiger partial charge in [-0.1, -0.05) is 6.92 Å². The second-order valence-corrected chi connectivity index (χ2v) is 10.4. The summed E-state index contributed by atoms with van der Waals surface area (Å²) < 4.78 is 10.5. The van der Waals surface area contributed by atoms with Crippen LogP contribution in [0.25, 0.3) is 0 Å². The molecule has 4 fully saturated rings. The maximum absolute atomic E-state index is 13.5. The van der Waals surface area contributed by atoms with E-state index >= 15 is 0 Å². The Hall–Kier alpha value is -1.43. The van der Waals surface area contributed by atoms with Gasteiger partial charge in [0.1, 0.15) is 11.9 Å². The van der Waals surface area contributed by atoms with Crippen LogP contribution >= 0.6 is 0 Å². The highest BCUT2D eigenvalue weighted by atomic mass is 16.5. The Bertz CT molecular complexity index is 733. The average molecular weight is 407 g/mol. The molecule has 0 radical (unpaired) electrons. The standard InChI is InChI=1S/C23H34O6/c1-13(24)29-15-7-9-21(2)14(11-15)5-6-16-18(21)12-19(25)22(3)17(20(26)28-4)8-10-23(16,22)27/h14-18,27H,5-12H2,1-4H3/t14-,15+,16-,17-,18+,21-,22+,23-/m0/s1. The van der Waals surface area contributed by atoms with Crippen LogP contribution in [-0.2, 0) is 23.9 Å². The molecule has 8 atom stereocenters. The van der Waals surface area contributed by atoms with E-state index in [-0.39, 0.29) is 41.1 Å². The summed E-state index contributed by atoms with van der Waals surface area (Å²) >= 11 is 0. The second-order valence-electron chi connectivity index (χ2n) is 10.4. The first kappa shape index (κ1) is 20.8. The van der Waals surface area contributed by atoms with Crippen LogP contribution in [-0.4, -0.2) is 41.6 Å². The van der Waals surface area contributed by atoms with Gasteiger partial charge >= 0.3 is 11.9 Å². The summed E-state index contributed by atoms with van der Waals surface area (Å²) in [5, 5.41) is 11.9. The topological polar surface area (TPSA) is 89.9 Å². The Morgan fingerprint density at radius 1 is 1.07 bits per heavy atom. The van der Waals surface area contributed by atoms with E-state index in [0.29, 0.717) is 25.2 Å². The number of carbonyl (C=O) groups excluding carboxylic acids is 3. The highest BCUT2D eigenvalue weighted by Gasteiger charge is 2.72. The normalized spacial score (nSPS) is 48.9. The van der Waals surface area contributed by atoms with Crippen LogP contribution < -0.4 is 0 Å². The molecule has 0 aliphatic heterocycles. The molecule has 4 saturated carbocycles. The van der Waals surface area contributed by atoms with Crippen LogP contribution in [0.2, 0.25) is 0 Å². The third-order valence-corrected chi connectivity index (χ3v) is 9.47. The van der Waals surface area contributed by atoms with Crippen LogP contribution in [0.3, 0.4) is 0 Å². The highest BCUT2D eigenvalue weighted by Crippen LogP contribution is 2.68. The van der Waals surface area contributed by atoms with Gasteiger partial charge in [-0.2, -0.15) is 0 Å². The van der Waals surface area contributed by atoms with Crippen LogP contribution in [0.5, 0.6) is 0 Å². The molecule has 0 spiro atoms. The van der Waals surface area contributed by atoms with E-state index in [0.717, 1.165) is 32.1 Å². The molecule has 0 heterocycles. The Labute approximate surface area is 172 Å². The molecule has 162 valence electrons. The van der Waals surface area contributed by atoms with E-state index in [1.54, 1.807) is 6.92 Å². The summed E-state index contributed by atoms with van der Waals surface area (Å²) in [6, 6.07) is 0. The van der Waals surface area contributed by atoms with Gasteiger partial charge in [-0.3, -0.25) is 14.4 Å². The van der Waals surface area contributed by atoms with Gasteiger partial charge in [0.15, 0.2) is 0 Å². The number of ketones is 1. The first-order valence-electron chi connectivity index (χ1n) is 11.1. The van der Waals surface area contributed by atoms with Crippen molar-refractivity contribution in [3.05, 3.63) is 0 Å². The number of ether oxygens (including phenoxy) is 2. The van der Waals surface area contributed by atoms with Crippen molar-refractivity contribution in [3.63, 3.8) is 0 Å². The molecule has 4 aliphatic rings. The minimum Gasteiger partial charge on any atom is -0.469 e. The fourth-order valence-corrected chi connectivity index (χ4v) is 7.77. The summed E-state index contributed by atoms with van der Waals surface area (Å²) in [4.78, 5) is 37.3. The van der Waals surface area contributed by atoms with Gasteiger partial charge in [-0.05, 0) is 75.0 Å². The molecule has 6 nitrogen and oxygen atoms in total. The molecule has 0 saturated heterocycles. The van der Waals surface area contributed by atoms with Gasteiger partial charge in [-0.15, -0.1) is 0 Å². The summed E-state index contributed by atoms with van der Waals surface area (Å²) in [6.45, 7) is 5.52. The molecule has 0 unspecified atom stereocenters. The predicted octanol–water partition coefficient (Wildman–Crippen LogP) is 3.04. The van der Waals surface area contributed by atoms with Crippen LogP contribution in [0.15, 0.2) is 0 Å². The number of aliphatic hydroxyl groups is 1. The maximum Gasteiger partial charge on any atom is 0.309 e. The minimum absolute atomic E-state index is 0.0122. The van der Waals surface area contributed by atoms with Crippen LogP contribution in [0.4, 0.5) is 0 Å². The van der Waals surface area contributed by atoms with Gasteiger partial charge in [0.25, 0.3) is 0 Å². The van der Waals surface area contributed by atoms with Crippen molar-refractivity contribution < 1.29 is 29.0 Å². The third kappa shape index (κ3) is 2.74. The van der Waals surface area contributed by atoms with Gasteiger partial charge in [-0.25, -0.2) is 0 Å². The lowest BCUT2D eigenvalue weighted by molar-refractivity contribution is -0.210. The quantitative estimate of drug-likeness (QED) is 0.709. The second kappa shape index (κ2) is 6.79. The molecular formula is C23H34O6. The largest absolute Gasteiger partial charge is 0.469 e. The zero-order valence-corrected chi connectivity index (χ0v) is 18.0. The van der Waals surface area contributed by atoms with Crippen LogP contribution in [0, 0.1) is 34.5 Å². The van der Waals surface area contributed by atoms with Gasteiger partial charge < -0.3 is 14.6 Å². The Morgan fingerprint density at radius 3 is 2.45 bits per heavy atom. The lowest BCUT2D eigenvalue weighted by atomic mass is 9.43. The summed E-state index contributed by atoms with van der Waals surface area (Å²) in [5.41, 5.74) is -2.25. The summed E-state index contributed by atoms with van der Waals surface area (Å²) in [6.07, 6.45) is 5.73. The number of hydrogen-bond acceptors (Lipinski definition) is 6. The Morgan fingerprint density at radius 2 is 1.79 bits per heavy atom. The SMILES string of the molecule is COC(=O)[C@@H]1CC[C@]2(O)[C@H]3CC[C@H]4C[C@H](OC(C)=O)CC[C@]4(C)[C@@H]3CC(=O)[C@@]12C. The average Bonchev–Trinajstić information content (AvgIpc) is 2.95. The number of methoxy groups -OCH3 is 1. The zero-order chi connectivity index (χ0) is 21.2. The zero-order valence-electron chi connectivity index (χ0n) is 18.0. The van der Waals surface area contributed by atoms with Crippen molar-refractivity contribution in [1.82, 2.24) is 0 Å². The highest BCUT2D eigenvalue weighted by molar-refractivity contribution is 5.93. The number of esters is 2. The number of fused-ring (bicyclic) bond motifs is 5. The van der Waals surface area contributed by atoms with E-state index in [4.69, 9.17) is 9.47 Å². The molecule has 0 bridgehead atoms. The molecule has 0 amide bonds. The molecule has 4 aliphatic carbocycles. The van der Waals surface area contributed by atoms with Crippen molar-refractivity contribution in [3.8, 4) is 0 Å². The van der Waals surface area contributed by atoms with E-state index in [9.17, 15) is 19.5 Å². The fourth-order valence-electron chi connectivity index (χ4n) is 7.77. The fraction of sp³-hybridized carbons (Fsp3) is 0.870. The third-order valence-electron chi connectivity index (χ3n) is 9.47. The molecule has 4 rings (SSSR count). The lowest BCUT2D eigenvalue weighted by Gasteiger charge is -2.62. The summed E-state index contributed by atoms with van der Waals surface area (Å²) in [5.74, 6) is -0.635. The maximum atomic E-state index is 13.5. The predicted molar refractivity (Wildman–Crippen MR) is 105 cm³/mol. The molecule has 29 heavy (non-hydrogen) atoms. The van der Waals surface area contributed by atoms with Crippen molar-refractivity contribution in [2.24, 2.45) is 34.5 Å². The van der Waals surface area contributed by atoms with E-state index in [2.05, 4.69) is 6.92 Å². The summed E-state index contributed by atoms with van der Waals surface area (Å²) in [7, 11) is 1.35. The van der Waals surface area contributed by atoms with Gasteiger partial charge in [0, 0.05) is 13.3 Å². The smallest absolute Gasteiger partial charge is 0.309 e. The van der Waals surface area contributed by atoms with Crippen molar-refractivity contribution >= 4 is 17.7 Å². The van der Waals surface area contributed by atoms with Crippen molar-refractivity contribution in [2.45, 2.75) is 83.8 Å². The van der Waals surface area contributed by atoms with Gasteiger partial charge in [0.05, 0.1) is 24.0 Å². The molecule has 0 aromatic rings. The molecule has 0 aromatic heterocycles. The minimum atomic E-state index is -1.15. The molecular weight excluding hydrogens is 372 g/mol. The van der Waals surface area contributed by atoms with E-state index in [1.807, 2.05) is 0 Å². The first-order valence-corrected chi connectivity index (χ1v) is 11.1. The Balaban J connectivity index is 1.64. The number of carbonyl (C=O) groups is 3. The Kier molecular flexibility index (Phi) is 4.88. The van der Waals surface area contributed by atoms with Crippen LogP contribution in [0.1, 0.15) is 72.1 Å². The van der Waals surface area contributed by atoms with Crippen molar-refractivity contribution in [1.29, 1.82) is 0 Å². The van der Waals surface area contributed by atoms with E-state index in [1.165, 1.54) is 14.0 Å². The monoisotopic (exact) mass is 406 g/mol. The van der Waals surface area contributed by atoms with Gasteiger partial charge in [0.2, 0.25) is 0 Å². The number of rotatable bonds is 2. The number of Topliss-reactive ketones (excluding diaryl/α,β-unsaturated/α-hetero) is 1. The first-order chi connectivity index (χ1) is 13.6. The molecule has 0 aromatic carbocycles. The number of hydrogen-bond donors (Lipinski definition) is 1. The van der Waals surface area contributed by atoms with E-state index < -0.39 is 16.9 Å². The molecule has 1 N–H and O–H groups in total. The van der Waals surface area contributed by atoms with Crippen molar-refractivity contribution in [2.75, 3.05) is 7.11 Å².